The maximum absolute atomic E-state index is 6.36. The molecule has 2 heteroatoms. The SMILES string of the molecule is CCCCCCCCCCCNCC(N)[C@@H]1C[C@H]1c1ccccc1. The highest BCUT2D eigenvalue weighted by Crippen LogP contribution is 2.48. The van der Waals surface area contributed by atoms with Crippen LogP contribution < -0.4 is 11.1 Å². The molecule has 0 radical (unpaired) electrons. The zero-order valence-corrected chi connectivity index (χ0v) is 15.7. The summed E-state index contributed by atoms with van der Waals surface area (Å²) < 4.78 is 0. The number of nitrogens with one attached hydrogen (secondary N) is 1. The number of unbranched alkanes of at least 4 members (excludes halogenated alkanes) is 8. The molecule has 0 aromatic heterocycles. The van der Waals surface area contributed by atoms with E-state index in [1.807, 2.05) is 0 Å². The van der Waals surface area contributed by atoms with Gasteiger partial charge in [-0.05, 0) is 36.8 Å². The molecule has 24 heavy (non-hydrogen) atoms. The molecule has 0 saturated heterocycles. The fourth-order valence-electron chi connectivity index (χ4n) is 3.75. The fraction of sp³-hybridized carbons (Fsp3) is 0.727. The molecule has 1 aliphatic carbocycles. The van der Waals surface area contributed by atoms with Crippen molar-refractivity contribution < 1.29 is 0 Å². The van der Waals surface area contributed by atoms with E-state index in [9.17, 15) is 0 Å². The molecular formula is C22H38N2. The molecular weight excluding hydrogens is 292 g/mol. The predicted octanol–water partition coefficient (Wildman–Crippen LogP) is 5.24. The maximum Gasteiger partial charge on any atom is 0.0200 e. The van der Waals surface area contributed by atoms with Gasteiger partial charge >= 0.3 is 0 Å². The minimum atomic E-state index is 0.314. The van der Waals surface area contributed by atoms with Gasteiger partial charge in [-0.2, -0.15) is 0 Å². The highest BCUT2D eigenvalue weighted by molar-refractivity contribution is 5.26. The summed E-state index contributed by atoms with van der Waals surface area (Å²) in [7, 11) is 0. The van der Waals surface area contributed by atoms with Crippen LogP contribution in [0.2, 0.25) is 0 Å². The predicted molar refractivity (Wildman–Crippen MR) is 105 cm³/mol. The van der Waals surface area contributed by atoms with E-state index in [1.54, 1.807) is 0 Å². The summed E-state index contributed by atoms with van der Waals surface area (Å²) in [5.74, 6) is 1.39. The summed E-state index contributed by atoms with van der Waals surface area (Å²) in [4.78, 5) is 0. The lowest BCUT2D eigenvalue weighted by molar-refractivity contribution is 0.501. The lowest BCUT2D eigenvalue weighted by atomic mass is 10.1. The third-order valence-electron chi connectivity index (χ3n) is 5.45. The first-order valence-electron chi connectivity index (χ1n) is 10.3. The number of benzene rings is 1. The number of hydrogen-bond donors (Lipinski definition) is 2. The van der Waals surface area contributed by atoms with Crippen molar-refractivity contribution in [3.05, 3.63) is 35.9 Å². The molecule has 0 amide bonds. The average Bonchev–Trinajstić information content (AvgIpc) is 3.41. The average molecular weight is 331 g/mol. The van der Waals surface area contributed by atoms with Crippen molar-refractivity contribution in [1.29, 1.82) is 0 Å². The van der Waals surface area contributed by atoms with Gasteiger partial charge in [0.15, 0.2) is 0 Å². The van der Waals surface area contributed by atoms with Gasteiger partial charge in [-0.3, -0.25) is 0 Å². The topological polar surface area (TPSA) is 38.0 Å². The van der Waals surface area contributed by atoms with Crippen LogP contribution in [-0.4, -0.2) is 19.1 Å². The third kappa shape index (κ3) is 7.36. The van der Waals surface area contributed by atoms with Crippen LogP contribution in [0.15, 0.2) is 30.3 Å². The van der Waals surface area contributed by atoms with E-state index >= 15 is 0 Å². The molecule has 136 valence electrons. The highest BCUT2D eigenvalue weighted by atomic mass is 14.9. The number of rotatable bonds is 14. The first kappa shape index (κ1) is 19.5. The molecule has 3 atom stereocenters. The van der Waals surface area contributed by atoms with Crippen molar-refractivity contribution in [3.63, 3.8) is 0 Å². The van der Waals surface area contributed by atoms with Crippen LogP contribution in [0.3, 0.4) is 0 Å². The smallest absolute Gasteiger partial charge is 0.0200 e. The van der Waals surface area contributed by atoms with Crippen molar-refractivity contribution >= 4 is 0 Å². The lowest BCUT2D eigenvalue weighted by Crippen LogP contribution is -2.36. The van der Waals surface area contributed by atoms with Gasteiger partial charge < -0.3 is 11.1 Å². The summed E-state index contributed by atoms with van der Waals surface area (Å²) in [5, 5.41) is 3.57. The van der Waals surface area contributed by atoms with Crippen LogP contribution in [0.1, 0.15) is 82.6 Å². The van der Waals surface area contributed by atoms with Gasteiger partial charge in [-0.1, -0.05) is 88.6 Å². The molecule has 1 saturated carbocycles. The Hall–Kier alpha value is -0.860. The second-order valence-corrected chi connectivity index (χ2v) is 7.61. The monoisotopic (exact) mass is 330 g/mol. The van der Waals surface area contributed by atoms with Crippen molar-refractivity contribution in [3.8, 4) is 0 Å². The Morgan fingerprint density at radius 1 is 0.958 bits per heavy atom. The molecule has 3 N–H and O–H groups in total. The van der Waals surface area contributed by atoms with Crippen LogP contribution in [0.5, 0.6) is 0 Å². The second-order valence-electron chi connectivity index (χ2n) is 7.61. The summed E-state index contributed by atoms with van der Waals surface area (Å²) in [6.45, 7) is 4.39. The van der Waals surface area contributed by atoms with Crippen LogP contribution in [0.4, 0.5) is 0 Å². The van der Waals surface area contributed by atoms with Crippen molar-refractivity contribution in [1.82, 2.24) is 5.32 Å². The molecule has 1 unspecified atom stereocenters. The van der Waals surface area contributed by atoms with E-state index in [0.29, 0.717) is 17.9 Å². The Kier molecular flexibility index (Phi) is 9.45. The lowest BCUT2D eigenvalue weighted by Gasteiger charge is -2.13. The Bertz CT molecular complexity index is 417. The number of hydrogen-bond acceptors (Lipinski definition) is 2. The minimum Gasteiger partial charge on any atom is -0.326 e. The van der Waals surface area contributed by atoms with Crippen molar-refractivity contribution in [2.75, 3.05) is 13.1 Å². The van der Waals surface area contributed by atoms with Crippen molar-refractivity contribution in [2.45, 2.75) is 83.1 Å². The van der Waals surface area contributed by atoms with E-state index in [0.717, 1.165) is 13.1 Å². The normalized spacial score (nSPS) is 20.9. The van der Waals surface area contributed by atoms with Gasteiger partial charge in [0.2, 0.25) is 0 Å². The third-order valence-corrected chi connectivity index (χ3v) is 5.45. The Morgan fingerprint density at radius 2 is 1.58 bits per heavy atom. The fourth-order valence-corrected chi connectivity index (χ4v) is 3.75. The Balaban J connectivity index is 1.40. The van der Waals surface area contributed by atoms with Gasteiger partial charge in [0.1, 0.15) is 0 Å². The molecule has 0 aliphatic heterocycles. The molecule has 1 aromatic carbocycles. The standard InChI is InChI=1S/C22H38N2/c1-2-3-4-5-6-7-8-9-13-16-24-18-22(23)21-17-20(21)19-14-11-10-12-15-19/h10-12,14-15,20-22,24H,2-9,13,16-18,23H2,1H3/t20-,21+,22?/m0/s1. The van der Waals surface area contributed by atoms with Gasteiger partial charge in [0.25, 0.3) is 0 Å². The van der Waals surface area contributed by atoms with Crippen LogP contribution in [0, 0.1) is 5.92 Å². The van der Waals surface area contributed by atoms with Gasteiger partial charge in [-0.15, -0.1) is 0 Å². The minimum absolute atomic E-state index is 0.314. The zero-order valence-electron chi connectivity index (χ0n) is 15.7. The largest absolute Gasteiger partial charge is 0.326 e. The van der Waals surface area contributed by atoms with Gasteiger partial charge in [0.05, 0.1) is 0 Å². The summed E-state index contributed by atoms with van der Waals surface area (Å²) in [5.41, 5.74) is 7.83. The van der Waals surface area contributed by atoms with E-state index in [-0.39, 0.29) is 0 Å². The molecule has 1 aromatic rings. The zero-order chi connectivity index (χ0) is 17.0. The summed E-state index contributed by atoms with van der Waals surface area (Å²) in [6, 6.07) is 11.2. The van der Waals surface area contributed by atoms with Gasteiger partial charge in [-0.25, -0.2) is 0 Å². The molecule has 1 fully saturated rings. The molecule has 0 heterocycles. The van der Waals surface area contributed by atoms with E-state index < -0.39 is 0 Å². The molecule has 2 nitrogen and oxygen atoms in total. The highest BCUT2D eigenvalue weighted by Gasteiger charge is 2.41. The Morgan fingerprint density at radius 3 is 2.25 bits per heavy atom. The second kappa shape index (κ2) is 11.7. The van der Waals surface area contributed by atoms with E-state index in [4.69, 9.17) is 5.73 Å². The quantitative estimate of drug-likeness (QED) is 0.458. The summed E-state index contributed by atoms with van der Waals surface area (Å²) >= 11 is 0. The van der Waals surface area contributed by atoms with Crippen LogP contribution in [0.25, 0.3) is 0 Å². The first-order valence-corrected chi connectivity index (χ1v) is 10.3. The van der Waals surface area contributed by atoms with E-state index in [1.165, 1.54) is 69.8 Å². The van der Waals surface area contributed by atoms with Crippen molar-refractivity contribution in [2.24, 2.45) is 11.7 Å². The van der Waals surface area contributed by atoms with Gasteiger partial charge in [0, 0.05) is 12.6 Å². The van der Waals surface area contributed by atoms with Crippen LogP contribution in [-0.2, 0) is 0 Å². The molecule has 0 spiro atoms. The maximum atomic E-state index is 6.36. The van der Waals surface area contributed by atoms with Crippen LogP contribution >= 0.6 is 0 Å². The molecule has 2 rings (SSSR count). The molecule has 0 bridgehead atoms. The first-order chi connectivity index (χ1) is 11.8. The number of nitrogens with two attached hydrogens (primary N) is 1. The summed E-state index contributed by atoms with van der Waals surface area (Å²) in [6.07, 6.45) is 13.8. The van der Waals surface area contributed by atoms with E-state index in [2.05, 4.69) is 42.6 Å². The Labute approximate surface area is 149 Å². The molecule has 1 aliphatic rings.